The van der Waals surface area contributed by atoms with E-state index in [2.05, 4.69) is 5.92 Å². The van der Waals surface area contributed by atoms with E-state index in [9.17, 15) is 24.9 Å². The summed E-state index contributed by atoms with van der Waals surface area (Å²) in [6.07, 6.45) is 6.05. The van der Waals surface area contributed by atoms with Gasteiger partial charge in [0, 0.05) is 17.5 Å². The number of hydrogen-bond donors (Lipinski definition) is 3. The number of ketones is 2. The van der Waals surface area contributed by atoms with Crippen LogP contribution in [-0.4, -0.2) is 32.5 Å². The third-order valence-electron chi connectivity index (χ3n) is 5.02. The van der Waals surface area contributed by atoms with Gasteiger partial charge in [-0.2, -0.15) is 0 Å². The zero-order chi connectivity index (χ0) is 17.9. The number of aromatic hydroxyl groups is 2. The van der Waals surface area contributed by atoms with Crippen LogP contribution in [0.15, 0.2) is 24.3 Å². The Bertz CT molecular complexity index is 1010. The monoisotopic (exact) mass is 334 g/mol. The van der Waals surface area contributed by atoms with Gasteiger partial charge in [-0.1, -0.05) is 18.1 Å². The highest BCUT2D eigenvalue weighted by molar-refractivity contribution is 6.30. The fourth-order valence-electron chi connectivity index (χ4n) is 3.71. The highest BCUT2D eigenvalue weighted by Crippen LogP contribution is 2.42. The predicted octanol–water partition coefficient (Wildman–Crippen LogP) is 1.73. The second kappa shape index (κ2) is 4.95. The van der Waals surface area contributed by atoms with E-state index in [0.717, 1.165) is 0 Å². The number of hydrogen-bond acceptors (Lipinski definition) is 5. The summed E-state index contributed by atoms with van der Waals surface area (Å²) in [5, 5.41) is 31.0. The van der Waals surface area contributed by atoms with Gasteiger partial charge in [-0.3, -0.25) is 9.59 Å². The molecule has 0 bridgehead atoms. The summed E-state index contributed by atoms with van der Waals surface area (Å²) >= 11 is 0. The largest absolute Gasteiger partial charge is 0.507 e. The first kappa shape index (κ1) is 15.4. The van der Waals surface area contributed by atoms with E-state index >= 15 is 0 Å². The van der Waals surface area contributed by atoms with E-state index in [1.807, 2.05) is 0 Å². The zero-order valence-corrected chi connectivity index (χ0v) is 13.2. The van der Waals surface area contributed by atoms with Gasteiger partial charge in [0.1, 0.15) is 17.1 Å². The molecule has 2 aromatic carbocycles. The number of benzene rings is 2. The smallest absolute Gasteiger partial charge is 0.198 e. The number of aliphatic hydroxyl groups is 1. The van der Waals surface area contributed by atoms with Gasteiger partial charge in [0.25, 0.3) is 0 Å². The fraction of sp³-hybridized carbons (Fsp3) is 0.200. The van der Waals surface area contributed by atoms with Crippen molar-refractivity contribution in [1.29, 1.82) is 0 Å². The zero-order valence-electron chi connectivity index (χ0n) is 13.2. The van der Waals surface area contributed by atoms with Crippen LogP contribution in [0, 0.1) is 12.3 Å². The molecule has 3 N–H and O–H groups in total. The Balaban J connectivity index is 1.97. The van der Waals surface area contributed by atoms with Crippen LogP contribution < -0.4 is 0 Å². The standard InChI is InChI=1S/C20H14O5/c1-2-20(25)7-6-11-10(9-20)8-13-16(17(11)22)18(23)12-4-3-5-14(21)15(12)19(13)24/h1,3-5,8,21-22,25H,6-7,9H2. The summed E-state index contributed by atoms with van der Waals surface area (Å²) in [4.78, 5) is 25.6. The van der Waals surface area contributed by atoms with Crippen LogP contribution in [0.1, 0.15) is 49.4 Å². The highest BCUT2D eigenvalue weighted by atomic mass is 16.3. The number of carbonyl (C=O) groups is 2. The topological polar surface area (TPSA) is 94.8 Å². The van der Waals surface area contributed by atoms with Crippen molar-refractivity contribution in [1.82, 2.24) is 0 Å². The summed E-state index contributed by atoms with van der Waals surface area (Å²) in [7, 11) is 0. The van der Waals surface area contributed by atoms with Crippen molar-refractivity contribution in [2.24, 2.45) is 0 Å². The van der Waals surface area contributed by atoms with Crippen LogP contribution in [-0.2, 0) is 12.8 Å². The van der Waals surface area contributed by atoms with Gasteiger partial charge in [0.05, 0.1) is 11.1 Å². The number of phenolic OH excluding ortho intramolecular Hbond substituents is 2. The molecule has 0 saturated carbocycles. The lowest BCUT2D eigenvalue weighted by molar-refractivity contribution is 0.0856. The Labute approximate surface area is 143 Å². The van der Waals surface area contributed by atoms with Gasteiger partial charge in [-0.25, -0.2) is 0 Å². The van der Waals surface area contributed by atoms with E-state index in [0.29, 0.717) is 17.5 Å². The Kier molecular flexibility index (Phi) is 3.05. The first-order chi connectivity index (χ1) is 11.9. The number of phenols is 2. The summed E-state index contributed by atoms with van der Waals surface area (Å²) < 4.78 is 0. The lowest BCUT2D eigenvalue weighted by Gasteiger charge is -2.31. The normalized spacial score (nSPS) is 21.1. The lowest BCUT2D eigenvalue weighted by Crippen LogP contribution is -2.35. The molecular formula is C20H14O5. The number of terminal acetylenes is 1. The van der Waals surface area contributed by atoms with Crippen LogP contribution in [0.25, 0.3) is 0 Å². The maximum atomic E-state index is 12.8. The van der Waals surface area contributed by atoms with Gasteiger partial charge >= 0.3 is 0 Å². The predicted molar refractivity (Wildman–Crippen MR) is 88.9 cm³/mol. The quantitative estimate of drug-likeness (QED) is 0.544. The van der Waals surface area contributed by atoms with Crippen molar-refractivity contribution < 1.29 is 24.9 Å². The van der Waals surface area contributed by atoms with Crippen molar-refractivity contribution in [3.05, 3.63) is 57.6 Å². The van der Waals surface area contributed by atoms with E-state index in [4.69, 9.17) is 6.42 Å². The highest BCUT2D eigenvalue weighted by Gasteiger charge is 2.39. The molecule has 1 unspecified atom stereocenters. The molecule has 2 aromatic rings. The van der Waals surface area contributed by atoms with Crippen molar-refractivity contribution >= 4 is 11.6 Å². The summed E-state index contributed by atoms with van der Waals surface area (Å²) in [6, 6.07) is 5.77. The third-order valence-corrected chi connectivity index (χ3v) is 5.02. The Morgan fingerprint density at radius 1 is 1.08 bits per heavy atom. The number of fused-ring (bicyclic) bond motifs is 3. The van der Waals surface area contributed by atoms with Crippen LogP contribution in [0.4, 0.5) is 0 Å². The summed E-state index contributed by atoms with van der Waals surface area (Å²) in [5.41, 5.74) is -0.280. The molecule has 0 heterocycles. The molecule has 0 aliphatic heterocycles. The Hall–Kier alpha value is -3.10. The van der Waals surface area contributed by atoms with E-state index in [1.54, 1.807) is 0 Å². The average molecular weight is 334 g/mol. The van der Waals surface area contributed by atoms with Crippen molar-refractivity contribution in [2.45, 2.75) is 24.9 Å². The van der Waals surface area contributed by atoms with Crippen LogP contribution in [0.3, 0.4) is 0 Å². The molecular weight excluding hydrogens is 320 g/mol. The number of rotatable bonds is 0. The molecule has 0 fully saturated rings. The molecule has 2 aliphatic rings. The van der Waals surface area contributed by atoms with E-state index in [1.165, 1.54) is 24.3 Å². The second-order valence-corrected chi connectivity index (χ2v) is 6.50. The molecule has 0 saturated heterocycles. The summed E-state index contributed by atoms with van der Waals surface area (Å²) in [6.45, 7) is 0. The number of carbonyl (C=O) groups excluding carboxylic acids is 2. The van der Waals surface area contributed by atoms with Gasteiger partial charge in [0.2, 0.25) is 0 Å². The molecule has 0 amide bonds. The Morgan fingerprint density at radius 3 is 2.52 bits per heavy atom. The first-order valence-electron chi connectivity index (χ1n) is 7.85. The minimum atomic E-state index is -1.34. The van der Waals surface area contributed by atoms with E-state index < -0.39 is 17.2 Å². The van der Waals surface area contributed by atoms with Crippen molar-refractivity contribution in [2.75, 3.05) is 0 Å². The lowest BCUT2D eigenvalue weighted by atomic mass is 9.75. The summed E-state index contributed by atoms with van der Waals surface area (Å²) in [5.74, 6) is 0.798. The third kappa shape index (κ3) is 2.01. The minimum absolute atomic E-state index is 0.0246. The van der Waals surface area contributed by atoms with Crippen molar-refractivity contribution in [3.8, 4) is 23.8 Å². The molecule has 25 heavy (non-hydrogen) atoms. The molecule has 4 rings (SSSR count). The van der Waals surface area contributed by atoms with Crippen LogP contribution in [0.5, 0.6) is 11.5 Å². The SMILES string of the molecule is C#CC1(O)CCc2c(cc3c(c2O)C(=O)c2cccc(O)c2C3=O)C1. The minimum Gasteiger partial charge on any atom is -0.507 e. The van der Waals surface area contributed by atoms with Crippen LogP contribution in [0.2, 0.25) is 0 Å². The molecule has 0 spiro atoms. The fourth-order valence-corrected chi connectivity index (χ4v) is 3.71. The molecule has 2 aliphatic carbocycles. The van der Waals surface area contributed by atoms with Crippen LogP contribution >= 0.6 is 0 Å². The Morgan fingerprint density at radius 2 is 1.80 bits per heavy atom. The molecule has 5 heteroatoms. The maximum Gasteiger partial charge on any atom is 0.198 e. The van der Waals surface area contributed by atoms with E-state index in [-0.39, 0.29) is 46.6 Å². The maximum absolute atomic E-state index is 12.8. The first-order valence-corrected chi connectivity index (χ1v) is 7.85. The van der Waals surface area contributed by atoms with Crippen molar-refractivity contribution in [3.63, 3.8) is 0 Å². The second-order valence-electron chi connectivity index (χ2n) is 6.50. The van der Waals surface area contributed by atoms with Gasteiger partial charge < -0.3 is 15.3 Å². The average Bonchev–Trinajstić information content (AvgIpc) is 2.59. The molecule has 0 aromatic heterocycles. The molecule has 5 nitrogen and oxygen atoms in total. The van der Waals surface area contributed by atoms with Gasteiger partial charge in [-0.05, 0) is 36.1 Å². The van der Waals surface area contributed by atoms with Gasteiger partial charge in [0.15, 0.2) is 11.6 Å². The van der Waals surface area contributed by atoms with Gasteiger partial charge in [-0.15, -0.1) is 6.42 Å². The molecule has 1 atom stereocenters. The molecule has 124 valence electrons. The molecule has 0 radical (unpaired) electrons.